The molecule has 7 nitrogen and oxygen atoms in total. The summed E-state index contributed by atoms with van der Waals surface area (Å²) in [5, 5.41) is 6.50. The van der Waals surface area contributed by atoms with E-state index in [4.69, 9.17) is 21.1 Å². The van der Waals surface area contributed by atoms with Crippen LogP contribution in [0.25, 0.3) is 11.1 Å². The van der Waals surface area contributed by atoms with E-state index in [1.807, 2.05) is 207 Å². The van der Waals surface area contributed by atoms with Gasteiger partial charge in [-0.25, -0.2) is 9.59 Å². The number of ether oxygens (including phenoxy) is 2. The summed E-state index contributed by atoms with van der Waals surface area (Å²) in [6.07, 6.45) is -1.40. The molecule has 0 aromatic heterocycles. The molecule has 326 valence electrons. The van der Waals surface area contributed by atoms with E-state index in [0.717, 1.165) is 44.5 Å². The Morgan fingerprint density at radius 2 is 0.985 bits per heavy atom. The van der Waals surface area contributed by atoms with Gasteiger partial charge in [-0.1, -0.05) is 229 Å². The Morgan fingerprint density at radius 1 is 0.545 bits per heavy atom. The van der Waals surface area contributed by atoms with Crippen molar-refractivity contribution in [1.82, 2.24) is 10.6 Å². The molecule has 0 aliphatic heterocycles. The van der Waals surface area contributed by atoms with Crippen LogP contribution in [0.5, 0.6) is 0 Å². The van der Waals surface area contributed by atoms with Crippen molar-refractivity contribution in [2.75, 3.05) is 6.61 Å². The smallest absolute Gasteiger partial charge is 0.407 e. The number of amides is 2. The maximum Gasteiger partial charge on any atom is 0.407 e. The van der Waals surface area contributed by atoms with Gasteiger partial charge in [-0.3, -0.25) is 4.79 Å². The molecule has 2 N–H and O–H groups in total. The minimum Gasteiger partial charge on any atom is -0.449 e. The number of hydrogen-bond acceptors (Lipinski definition) is 5. The molecule has 0 saturated carbocycles. The van der Waals surface area contributed by atoms with E-state index >= 15 is 9.59 Å². The summed E-state index contributed by atoms with van der Waals surface area (Å²) in [6.45, 7) is 1.96. The molecule has 1 aliphatic carbocycles. The molecular formula is C58H47ClN2O5. The Kier molecular flexibility index (Phi) is 12.6. The lowest BCUT2D eigenvalue weighted by Gasteiger charge is -2.38. The number of benzene rings is 8. The summed E-state index contributed by atoms with van der Waals surface area (Å²) in [5.41, 5.74) is 6.48. The van der Waals surface area contributed by atoms with Crippen LogP contribution in [0.2, 0.25) is 5.02 Å². The van der Waals surface area contributed by atoms with Gasteiger partial charge in [0.1, 0.15) is 18.2 Å². The number of aryl methyl sites for hydroxylation is 1. The highest BCUT2D eigenvalue weighted by atomic mass is 35.5. The van der Waals surface area contributed by atoms with Gasteiger partial charge in [-0.2, -0.15) is 0 Å². The molecule has 1 unspecified atom stereocenters. The SMILES string of the molecule is Cc1ccc(C(OC(=O)[C@H](CC(=O)NC(c2ccccc2)(c2ccccc2)c2ccccc2)NC(=O)OCC2c3ccccc3-c3ccccc32)(c2ccccc2)c2ccccc2Cl)cc1. The fraction of sp³-hybridized carbons (Fsp3) is 0.121. The topological polar surface area (TPSA) is 93.7 Å². The highest BCUT2D eigenvalue weighted by Gasteiger charge is 2.45. The molecule has 0 radical (unpaired) electrons. The third kappa shape index (κ3) is 8.49. The third-order valence-electron chi connectivity index (χ3n) is 12.4. The van der Waals surface area contributed by atoms with Gasteiger partial charge in [-0.15, -0.1) is 0 Å². The molecule has 0 bridgehead atoms. The van der Waals surface area contributed by atoms with E-state index in [-0.39, 0.29) is 12.5 Å². The molecule has 0 heterocycles. The summed E-state index contributed by atoms with van der Waals surface area (Å²) in [4.78, 5) is 44.7. The number of halogens is 1. The molecule has 2 amide bonds. The number of nitrogens with one attached hydrogen (secondary N) is 2. The van der Waals surface area contributed by atoms with Crippen molar-refractivity contribution in [3.63, 3.8) is 0 Å². The van der Waals surface area contributed by atoms with Gasteiger partial charge >= 0.3 is 12.1 Å². The van der Waals surface area contributed by atoms with Crippen molar-refractivity contribution in [2.45, 2.75) is 36.4 Å². The van der Waals surface area contributed by atoms with Crippen molar-refractivity contribution < 1.29 is 23.9 Å². The van der Waals surface area contributed by atoms with Crippen LogP contribution in [-0.2, 0) is 30.2 Å². The summed E-state index contributed by atoms with van der Waals surface area (Å²) in [5.74, 6) is -1.66. The van der Waals surface area contributed by atoms with Crippen LogP contribution in [0.4, 0.5) is 4.79 Å². The van der Waals surface area contributed by atoms with Crippen LogP contribution >= 0.6 is 11.6 Å². The van der Waals surface area contributed by atoms with E-state index in [0.29, 0.717) is 21.7 Å². The van der Waals surface area contributed by atoms with Gasteiger partial charge in [-0.05, 0) is 51.9 Å². The van der Waals surface area contributed by atoms with Crippen molar-refractivity contribution in [3.8, 4) is 11.1 Å². The number of esters is 1. The molecular weight excluding hydrogens is 840 g/mol. The molecule has 0 spiro atoms. The summed E-state index contributed by atoms with van der Waals surface area (Å²) < 4.78 is 12.9. The maximum atomic E-state index is 15.4. The van der Waals surface area contributed by atoms with Crippen molar-refractivity contribution in [2.24, 2.45) is 0 Å². The molecule has 0 fully saturated rings. The number of hydrogen-bond donors (Lipinski definition) is 2. The number of carbonyl (C=O) groups is 3. The molecule has 8 aromatic carbocycles. The normalized spacial score (nSPS) is 13.3. The first-order valence-corrected chi connectivity index (χ1v) is 22.4. The highest BCUT2D eigenvalue weighted by molar-refractivity contribution is 6.31. The zero-order valence-electron chi connectivity index (χ0n) is 36.3. The average Bonchev–Trinajstić information content (AvgIpc) is 3.69. The fourth-order valence-corrected chi connectivity index (χ4v) is 9.55. The van der Waals surface area contributed by atoms with Crippen molar-refractivity contribution >= 4 is 29.6 Å². The zero-order chi connectivity index (χ0) is 45.5. The maximum absolute atomic E-state index is 15.4. The first kappa shape index (κ1) is 43.5. The zero-order valence-corrected chi connectivity index (χ0v) is 37.0. The van der Waals surface area contributed by atoms with Gasteiger partial charge in [0, 0.05) is 27.6 Å². The molecule has 66 heavy (non-hydrogen) atoms. The van der Waals surface area contributed by atoms with E-state index in [2.05, 4.69) is 22.8 Å². The van der Waals surface area contributed by atoms with E-state index < -0.39 is 41.6 Å². The number of carbonyl (C=O) groups excluding carboxylic acids is 3. The largest absolute Gasteiger partial charge is 0.449 e. The van der Waals surface area contributed by atoms with Gasteiger partial charge in [0.2, 0.25) is 5.91 Å². The summed E-state index contributed by atoms with van der Waals surface area (Å²) >= 11 is 7.05. The molecule has 8 aromatic rings. The van der Waals surface area contributed by atoms with Crippen LogP contribution in [-0.4, -0.2) is 30.6 Å². The fourth-order valence-electron chi connectivity index (χ4n) is 9.28. The second-order valence-electron chi connectivity index (χ2n) is 16.4. The van der Waals surface area contributed by atoms with Gasteiger partial charge in [0.05, 0.1) is 6.42 Å². The van der Waals surface area contributed by atoms with E-state index in [1.165, 1.54) is 0 Å². The predicted molar refractivity (Wildman–Crippen MR) is 259 cm³/mol. The molecule has 8 heteroatoms. The summed E-state index contributed by atoms with van der Waals surface area (Å²) in [6, 6.07) is 67.8. The Hall–Kier alpha value is -7.74. The monoisotopic (exact) mass is 886 g/mol. The van der Waals surface area contributed by atoms with Gasteiger partial charge in [0.25, 0.3) is 0 Å². The van der Waals surface area contributed by atoms with E-state index in [1.54, 1.807) is 6.07 Å². The quantitative estimate of drug-likeness (QED) is 0.0838. The second kappa shape index (κ2) is 19.2. The third-order valence-corrected chi connectivity index (χ3v) is 12.7. The lowest BCUT2D eigenvalue weighted by atomic mass is 9.77. The van der Waals surface area contributed by atoms with Crippen molar-refractivity contribution in [3.05, 3.63) is 273 Å². The Labute approximate surface area is 390 Å². The number of alkyl carbamates (subject to hydrolysis) is 1. The second-order valence-corrected chi connectivity index (χ2v) is 16.8. The average molecular weight is 887 g/mol. The van der Waals surface area contributed by atoms with Crippen LogP contribution in [0.3, 0.4) is 0 Å². The predicted octanol–water partition coefficient (Wildman–Crippen LogP) is 11.9. The molecule has 9 rings (SSSR count). The van der Waals surface area contributed by atoms with Crippen molar-refractivity contribution in [1.29, 1.82) is 0 Å². The summed E-state index contributed by atoms with van der Waals surface area (Å²) in [7, 11) is 0. The lowest BCUT2D eigenvalue weighted by molar-refractivity contribution is -0.157. The molecule has 0 saturated heterocycles. The molecule has 2 atom stereocenters. The van der Waals surface area contributed by atoms with Gasteiger partial charge < -0.3 is 20.1 Å². The van der Waals surface area contributed by atoms with Crippen LogP contribution in [0, 0.1) is 6.92 Å². The Balaban J connectivity index is 1.11. The van der Waals surface area contributed by atoms with Crippen LogP contribution < -0.4 is 10.6 Å². The number of rotatable bonds is 14. The lowest BCUT2D eigenvalue weighted by Crippen LogP contribution is -2.52. The van der Waals surface area contributed by atoms with Crippen LogP contribution in [0.15, 0.2) is 218 Å². The van der Waals surface area contributed by atoms with E-state index in [9.17, 15) is 4.79 Å². The Bertz CT molecular complexity index is 2820. The molecule has 1 aliphatic rings. The Morgan fingerprint density at radius 3 is 1.50 bits per heavy atom. The highest BCUT2D eigenvalue weighted by Crippen LogP contribution is 2.46. The number of fused-ring (bicyclic) bond motifs is 3. The standard InChI is InChI=1S/C58H47ClN2O5/c1-40-34-36-45(37-35-40)58(44-26-12-5-13-27-44,51-32-18-19-33-52(51)59)66-55(63)53(60-56(64)65-39-50-48-30-16-14-28-46(48)47-29-15-17-31-49(47)50)38-54(62)61-57(41-20-6-2-7-21-41,42-22-8-3-9-23-42)43-24-10-4-11-25-43/h2-37,50,53H,38-39H2,1H3,(H,60,64)(H,61,62)/t53-,58?/m0/s1. The van der Waals surface area contributed by atoms with Gasteiger partial charge in [0.15, 0.2) is 5.60 Å². The first-order chi connectivity index (χ1) is 32.3. The first-order valence-electron chi connectivity index (χ1n) is 22.0. The minimum absolute atomic E-state index is 0.0100. The minimum atomic E-state index is -1.62. The van der Waals surface area contributed by atoms with Crippen LogP contribution in [0.1, 0.15) is 62.4 Å².